The Kier molecular flexibility index (Phi) is 6.38. The van der Waals surface area contributed by atoms with Crippen molar-refractivity contribution >= 4 is 17.8 Å². The van der Waals surface area contributed by atoms with Crippen LogP contribution in [0.25, 0.3) is 0 Å². The zero-order chi connectivity index (χ0) is 16.9. The van der Waals surface area contributed by atoms with Crippen LogP contribution in [0.4, 0.5) is 0 Å². The number of nitrogens with one attached hydrogen (secondary N) is 1. The van der Waals surface area contributed by atoms with Crippen LogP contribution in [0.5, 0.6) is 0 Å². The van der Waals surface area contributed by atoms with Gasteiger partial charge in [0, 0.05) is 31.5 Å². The molecule has 0 bridgehead atoms. The summed E-state index contributed by atoms with van der Waals surface area (Å²) >= 11 is 0. The minimum Gasteiger partial charge on any atom is -0.466 e. The predicted octanol–water partition coefficient (Wildman–Crippen LogP) is 1.34. The molecule has 0 radical (unpaired) electrons. The van der Waals surface area contributed by atoms with Gasteiger partial charge in [0.2, 0.25) is 11.8 Å². The van der Waals surface area contributed by atoms with E-state index in [-0.39, 0.29) is 36.2 Å². The zero-order valence-corrected chi connectivity index (χ0v) is 14.3. The number of carbonyl (C=O) groups excluding carboxylic acids is 3. The van der Waals surface area contributed by atoms with Crippen molar-refractivity contribution in [1.82, 2.24) is 10.2 Å². The van der Waals surface area contributed by atoms with Gasteiger partial charge in [0.15, 0.2) is 0 Å². The summed E-state index contributed by atoms with van der Waals surface area (Å²) in [6.45, 7) is 10.2. The Morgan fingerprint density at radius 3 is 2.36 bits per heavy atom. The second-order valence-electron chi connectivity index (χ2n) is 6.96. The summed E-state index contributed by atoms with van der Waals surface area (Å²) in [5.74, 6) is -0.317. The molecule has 6 nitrogen and oxygen atoms in total. The molecular weight excluding hydrogens is 284 g/mol. The van der Waals surface area contributed by atoms with Crippen LogP contribution in [0.3, 0.4) is 0 Å². The Balaban J connectivity index is 2.70. The summed E-state index contributed by atoms with van der Waals surface area (Å²) in [7, 11) is 0. The number of hydrogen-bond acceptors (Lipinski definition) is 4. The third-order valence-electron chi connectivity index (χ3n) is 3.76. The van der Waals surface area contributed by atoms with E-state index < -0.39 is 5.41 Å². The molecule has 1 heterocycles. The van der Waals surface area contributed by atoms with Crippen molar-refractivity contribution in [3.8, 4) is 0 Å². The van der Waals surface area contributed by atoms with E-state index in [1.54, 1.807) is 11.8 Å². The molecule has 1 fully saturated rings. The van der Waals surface area contributed by atoms with Gasteiger partial charge in [-0.15, -0.1) is 0 Å². The van der Waals surface area contributed by atoms with Gasteiger partial charge in [-0.2, -0.15) is 0 Å². The first-order valence-corrected chi connectivity index (χ1v) is 7.85. The van der Waals surface area contributed by atoms with Gasteiger partial charge in [-0.05, 0) is 19.3 Å². The lowest BCUT2D eigenvalue weighted by molar-refractivity contribution is -0.146. The number of rotatable bonds is 4. The molecule has 126 valence electrons. The third kappa shape index (κ3) is 5.66. The Morgan fingerprint density at radius 2 is 1.86 bits per heavy atom. The molecule has 0 aromatic rings. The summed E-state index contributed by atoms with van der Waals surface area (Å²) in [6.07, 6.45) is 0.962. The normalized spacial score (nSPS) is 22.1. The van der Waals surface area contributed by atoms with Gasteiger partial charge in [-0.3, -0.25) is 14.4 Å². The molecule has 2 unspecified atom stereocenters. The Hall–Kier alpha value is -1.59. The molecule has 1 aliphatic heterocycles. The molecule has 6 heteroatoms. The first kappa shape index (κ1) is 18.5. The maximum absolute atomic E-state index is 12.1. The molecule has 22 heavy (non-hydrogen) atoms. The fraction of sp³-hybridized carbons (Fsp3) is 0.812. The van der Waals surface area contributed by atoms with Gasteiger partial charge in [0.25, 0.3) is 0 Å². The van der Waals surface area contributed by atoms with E-state index in [1.165, 1.54) is 6.92 Å². The summed E-state index contributed by atoms with van der Waals surface area (Å²) < 4.78 is 4.98. The minimum absolute atomic E-state index is 0.0157. The fourth-order valence-electron chi connectivity index (χ4n) is 2.57. The van der Waals surface area contributed by atoms with Crippen LogP contribution in [0, 0.1) is 11.3 Å². The predicted molar refractivity (Wildman–Crippen MR) is 83.0 cm³/mol. The van der Waals surface area contributed by atoms with E-state index in [0.29, 0.717) is 26.1 Å². The Bertz CT molecular complexity index is 428. The third-order valence-corrected chi connectivity index (χ3v) is 3.76. The number of hydrogen-bond donors (Lipinski definition) is 1. The van der Waals surface area contributed by atoms with Crippen LogP contribution < -0.4 is 5.32 Å². The van der Waals surface area contributed by atoms with Gasteiger partial charge < -0.3 is 15.0 Å². The summed E-state index contributed by atoms with van der Waals surface area (Å²) in [5.41, 5.74) is -0.477. The standard InChI is InChI=1S/C16H28N2O4/c1-6-22-14(20)8-12-7-13(10-18(9-12)11(2)19)17-15(21)16(3,4)5/h12-13H,6-10H2,1-5H3,(H,17,21). The molecule has 0 spiro atoms. The number of esters is 1. The molecule has 0 aromatic heterocycles. The van der Waals surface area contributed by atoms with Gasteiger partial charge >= 0.3 is 5.97 Å². The van der Waals surface area contributed by atoms with Crippen molar-refractivity contribution < 1.29 is 19.1 Å². The van der Waals surface area contributed by atoms with E-state index in [4.69, 9.17) is 4.74 Å². The minimum atomic E-state index is -0.477. The van der Waals surface area contributed by atoms with Gasteiger partial charge in [0.05, 0.1) is 13.0 Å². The lowest BCUT2D eigenvalue weighted by atomic mass is 9.89. The van der Waals surface area contributed by atoms with Crippen LogP contribution in [-0.2, 0) is 19.1 Å². The van der Waals surface area contributed by atoms with Crippen molar-refractivity contribution in [2.24, 2.45) is 11.3 Å². The lowest BCUT2D eigenvalue weighted by Crippen LogP contribution is -2.54. The monoisotopic (exact) mass is 312 g/mol. The molecule has 2 amide bonds. The van der Waals surface area contributed by atoms with Crippen LogP contribution in [0.15, 0.2) is 0 Å². The van der Waals surface area contributed by atoms with Crippen LogP contribution in [0.2, 0.25) is 0 Å². The molecule has 0 saturated carbocycles. The zero-order valence-electron chi connectivity index (χ0n) is 14.3. The molecule has 0 aliphatic carbocycles. The van der Waals surface area contributed by atoms with Crippen LogP contribution in [0.1, 0.15) is 47.5 Å². The highest BCUT2D eigenvalue weighted by atomic mass is 16.5. The SMILES string of the molecule is CCOC(=O)CC1CC(NC(=O)C(C)(C)C)CN(C(C)=O)C1. The van der Waals surface area contributed by atoms with E-state index in [9.17, 15) is 14.4 Å². The van der Waals surface area contributed by atoms with Crippen molar-refractivity contribution in [2.45, 2.75) is 53.5 Å². The largest absolute Gasteiger partial charge is 0.466 e. The number of carbonyl (C=O) groups is 3. The Morgan fingerprint density at radius 1 is 1.23 bits per heavy atom. The molecule has 1 rings (SSSR count). The number of amides is 2. The fourth-order valence-corrected chi connectivity index (χ4v) is 2.57. The smallest absolute Gasteiger partial charge is 0.306 e. The van der Waals surface area contributed by atoms with Crippen LogP contribution in [-0.4, -0.2) is 48.4 Å². The lowest BCUT2D eigenvalue weighted by Gasteiger charge is -2.38. The number of piperidine rings is 1. The second kappa shape index (κ2) is 7.61. The number of likely N-dealkylation sites (tertiary alicyclic amines) is 1. The van der Waals surface area contributed by atoms with Crippen molar-refractivity contribution in [3.05, 3.63) is 0 Å². The summed E-state index contributed by atoms with van der Waals surface area (Å²) in [4.78, 5) is 37.2. The average molecular weight is 312 g/mol. The first-order chi connectivity index (χ1) is 10.1. The van der Waals surface area contributed by atoms with Crippen LogP contribution >= 0.6 is 0 Å². The summed E-state index contributed by atoms with van der Waals surface area (Å²) in [5, 5.41) is 2.99. The van der Waals surface area contributed by atoms with Crippen molar-refractivity contribution in [1.29, 1.82) is 0 Å². The van der Waals surface area contributed by atoms with Gasteiger partial charge in [-0.1, -0.05) is 20.8 Å². The second-order valence-corrected chi connectivity index (χ2v) is 6.96. The highest BCUT2D eigenvalue weighted by Gasteiger charge is 2.33. The molecule has 2 atom stereocenters. The van der Waals surface area contributed by atoms with Crippen molar-refractivity contribution in [3.63, 3.8) is 0 Å². The molecule has 1 saturated heterocycles. The maximum atomic E-state index is 12.1. The quantitative estimate of drug-likeness (QED) is 0.795. The van der Waals surface area contributed by atoms with Crippen molar-refractivity contribution in [2.75, 3.05) is 19.7 Å². The number of ether oxygens (including phenoxy) is 1. The van der Waals surface area contributed by atoms with E-state index >= 15 is 0 Å². The van der Waals surface area contributed by atoms with Gasteiger partial charge in [0.1, 0.15) is 0 Å². The van der Waals surface area contributed by atoms with E-state index in [1.807, 2.05) is 20.8 Å². The van der Waals surface area contributed by atoms with E-state index in [2.05, 4.69) is 5.32 Å². The Labute approximate surface area is 132 Å². The molecule has 1 aliphatic rings. The molecule has 1 N–H and O–H groups in total. The first-order valence-electron chi connectivity index (χ1n) is 7.85. The average Bonchev–Trinajstić information content (AvgIpc) is 2.37. The molecular formula is C16H28N2O4. The van der Waals surface area contributed by atoms with E-state index in [0.717, 1.165) is 0 Å². The number of nitrogens with zero attached hydrogens (tertiary/aromatic N) is 1. The highest BCUT2D eigenvalue weighted by Crippen LogP contribution is 2.22. The van der Waals surface area contributed by atoms with Gasteiger partial charge in [-0.25, -0.2) is 0 Å². The topological polar surface area (TPSA) is 75.7 Å². The maximum Gasteiger partial charge on any atom is 0.306 e. The highest BCUT2D eigenvalue weighted by molar-refractivity contribution is 5.81. The molecule has 0 aromatic carbocycles. The summed E-state index contributed by atoms with van der Waals surface area (Å²) in [6, 6.07) is -0.121.